The summed E-state index contributed by atoms with van der Waals surface area (Å²) in [5.74, 6) is -0.714. The highest BCUT2D eigenvalue weighted by Crippen LogP contribution is 2.28. The molecule has 0 atom stereocenters. The Morgan fingerprint density at radius 2 is 1.76 bits per heavy atom. The van der Waals surface area contributed by atoms with E-state index in [4.69, 9.17) is 4.84 Å². The van der Waals surface area contributed by atoms with Crippen LogP contribution in [0.1, 0.15) is 53.8 Å². The lowest BCUT2D eigenvalue weighted by Crippen LogP contribution is -2.28. The Labute approximate surface area is 147 Å². The minimum absolute atomic E-state index is 0.177. The molecule has 132 valence electrons. The van der Waals surface area contributed by atoms with Crippen molar-refractivity contribution in [1.82, 2.24) is 5.06 Å². The number of allylic oxidation sites excluding steroid dienone is 3. The second kappa shape index (κ2) is 8.03. The number of Topliss-reactive ketones (excluding diaryl/α,β-unsaturated/α-hetero) is 2. The number of benzene rings is 1. The van der Waals surface area contributed by atoms with Crippen molar-refractivity contribution < 1.29 is 19.2 Å². The van der Waals surface area contributed by atoms with Gasteiger partial charge in [0.2, 0.25) is 0 Å². The van der Waals surface area contributed by atoms with Crippen molar-refractivity contribution in [2.24, 2.45) is 0 Å². The van der Waals surface area contributed by atoms with Crippen LogP contribution < -0.4 is 0 Å². The molecule has 0 radical (unpaired) electrons. The molecule has 0 aliphatic heterocycles. The van der Waals surface area contributed by atoms with Crippen LogP contribution in [0.5, 0.6) is 0 Å². The molecule has 0 unspecified atom stereocenters. The fourth-order valence-electron chi connectivity index (χ4n) is 2.76. The molecular formula is C20H23NO4. The zero-order valence-electron chi connectivity index (χ0n) is 15.1. The Kier molecular flexibility index (Phi) is 6.04. The van der Waals surface area contributed by atoms with Gasteiger partial charge in [0.25, 0.3) is 5.91 Å². The van der Waals surface area contributed by atoms with Gasteiger partial charge in [-0.05, 0) is 25.8 Å². The Hall–Kier alpha value is -2.53. The van der Waals surface area contributed by atoms with E-state index in [1.807, 2.05) is 6.92 Å². The van der Waals surface area contributed by atoms with Crippen molar-refractivity contribution >= 4 is 17.5 Å². The zero-order valence-corrected chi connectivity index (χ0v) is 15.1. The highest BCUT2D eigenvalue weighted by atomic mass is 16.7. The first-order chi connectivity index (χ1) is 11.9. The van der Waals surface area contributed by atoms with Crippen molar-refractivity contribution in [3.05, 3.63) is 58.2 Å². The van der Waals surface area contributed by atoms with Crippen LogP contribution in [0.15, 0.2) is 47.1 Å². The number of hydrogen-bond acceptors (Lipinski definition) is 4. The molecule has 5 heteroatoms. The van der Waals surface area contributed by atoms with Gasteiger partial charge in [-0.1, -0.05) is 37.6 Å². The van der Waals surface area contributed by atoms with Gasteiger partial charge in [-0.3, -0.25) is 19.2 Å². The zero-order chi connectivity index (χ0) is 18.6. The topological polar surface area (TPSA) is 63.7 Å². The van der Waals surface area contributed by atoms with E-state index in [2.05, 4.69) is 0 Å². The second-order valence-electron chi connectivity index (χ2n) is 6.00. The first-order valence-electron chi connectivity index (χ1n) is 8.34. The third kappa shape index (κ3) is 3.77. The minimum atomic E-state index is -0.310. The maximum Gasteiger partial charge on any atom is 0.273 e. The van der Waals surface area contributed by atoms with Gasteiger partial charge in [0.05, 0.1) is 7.11 Å². The van der Waals surface area contributed by atoms with E-state index in [9.17, 15) is 14.4 Å². The molecule has 0 heterocycles. The lowest BCUT2D eigenvalue weighted by Gasteiger charge is -2.19. The van der Waals surface area contributed by atoms with Crippen molar-refractivity contribution in [2.45, 2.75) is 33.1 Å². The Morgan fingerprint density at radius 3 is 2.32 bits per heavy atom. The second-order valence-corrected chi connectivity index (χ2v) is 6.00. The summed E-state index contributed by atoms with van der Waals surface area (Å²) in [6, 6.07) is 6.77. The molecule has 0 saturated heterocycles. The van der Waals surface area contributed by atoms with Gasteiger partial charge >= 0.3 is 0 Å². The average molecular weight is 341 g/mol. The van der Waals surface area contributed by atoms with Crippen molar-refractivity contribution in [1.29, 1.82) is 0 Å². The van der Waals surface area contributed by atoms with Gasteiger partial charge in [0.1, 0.15) is 0 Å². The predicted molar refractivity (Wildman–Crippen MR) is 95.2 cm³/mol. The fraction of sp³-hybridized carbons (Fsp3) is 0.350. The van der Waals surface area contributed by atoms with Gasteiger partial charge in [-0.15, -0.1) is 0 Å². The van der Waals surface area contributed by atoms with Crippen LogP contribution in [-0.4, -0.2) is 36.7 Å². The van der Waals surface area contributed by atoms with Gasteiger partial charge in [-0.25, -0.2) is 5.06 Å². The van der Waals surface area contributed by atoms with Gasteiger partial charge < -0.3 is 0 Å². The number of ketones is 2. The third-order valence-corrected chi connectivity index (χ3v) is 4.36. The lowest BCUT2D eigenvalue weighted by atomic mass is 9.83. The molecule has 0 N–H and O–H groups in total. The van der Waals surface area contributed by atoms with E-state index in [1.165, 1.54) is 14.2 Å². The number of unbranched alkanes of at least 4 members (excludes halogenated alkanes) is 1. The number of likely N-dealkylation sites (N-methyl/N-ethyl adjacent to an activating group) is 1. The number of rotatable bonds is 6. The summed E-state index contributed by atoms with van der Waals surface area (Å²) in [7, 11) is 2.93. The smallest absolute Gasteiger partial charge is 0.273 e. The van der Waals surface area contributed by atoms with Crippen molar-refractivity contribution in [3.63, 3.8) is 0 Å². The summed E-state index contributed by atoms with van der Waals surface area (Å²) in [5.41, 5.74) is 1.91. The first kappa shape index (κ1) is 18.8. The molecule has 0 saturated carbocycles. The predicted octanol–water partition coefficient (Wildman–Crippen LogP) is 3.52. The van der Waals surface area contributed by atoms with Crippen LogP contribution in [-0.2, 0) is 9.63 Å². The fourth-order valence-corrected chi connectivity index (χ4v) is 2.76. The van der Waals surface area contributed by atoms with Crippen molar-refractivity contribution in [2.75, 3.05) is 14.2 Å². The van der Waals surface area contributed by atoms with E-state index in [0.717, 1.165) is 17.9 Å². The Morgan fingerprint density at radius 1 is 1.16 bits per heavy atom. The number of carbonyl (C=O) groups excluding carboxylic acids is 3. The standard InChI is InChI=1S/C20H23NO4/c1-5-6-9-14(20(24)21(3)25-4)12-17-13(2)18(22)15-10-7-8-11-16(15)19(17)23/h7-8,10-12H,5-6,9H2,1-4H3/b14-12+. The van der Waals surface area contributed by atoms with E-state index >= 15 is 0 Å². The SMILES string of the molecule is CCCC/C(=C\C1=C(C)C(=O)c2ccccc2C1=O)C(=O)N(C)OC. The summed E-state index contributed by atoms with van der Waals surface area (Å²) in [6.07, 6.45) is 3.79. The quantitative estimate of drug-likeness (QED) is 0.587. The van der Waals surface area contributed by atoms with Crippen LogP contribution in [0.25, 0.3) is 0 Å². The molecular weight excluding hydrogens is 318 g/mol. The molecule has 1 amide bonds. The van der Waals surface area contributed by atoms with Gasteiger partial charge in [0.15, 0.2) is 11.6 Å². The summed E-state index contributed by atoms with van der Waals surface area (Å²) in [6.45, 7) is 3.65. The monoisotopic (exact) mass is 341 g/mol. The third-order valence-electron chi connectivity index (χ3n) is 4.36. The number of nitrogens with zero attached hydrogens (tertiary/aromatic N) is 1. The number of amides is 1. The minimum Gasteiger partial charge on any atom is -0.289 e. The molecule has 0 fully saturated rings. The molecule has 1 aliphatic rings. The summed E-state index contributed by atoms with van der Waals surface area (Å²) < 4.78 is 0. The molecule has 0 bridgehead atoms. The number of hydroxylamine groups is 2. The molecule has 25 heavy (non-hydrogen) atoms. The number of hydrogen-bond donors (Lipinski definition) is 0. The number of carbonyl (C=O) groups is 3. The summed E-state index contributed by atoms with van der Waals surface area (Å²) >= 11 is 0. The molecule has 1 aliphatic carbocycles. The Balaban J connectivity index is 2.50. The highest BCUT2D eigenvalue weighted by molar-refractivity contribution is 6.28. The lowest BCUT2D eigenvalue weighted by molar-refractivity contribution is -0.164. The average Bonchev–Trinajstić information content (AvgIpc) is 2.64. The van der Waals surface area contributed by atoms with Crippen LogP contribution in [0.2, 0.25) is 0 Å². The van der Waals surface area contributed by atoms with Crippen LogP contribution in [0.4, 0.5) is 0 Å². The number of fused-ring (bicyclic) bond motifs is 1. The molecule has 5 nitrogen and oxygen atoms in total. The maximum absolute atomic E-state index is 12.8. The molecule has 1 aromatic carbocycles. The van der Waals surface area contributed by atoms with Crippen molar-refractivity contribution in [3.8, 4) is 0 Å². The van der Waals surface area contributed by atoms with Crippen LogP contribution in [0, 0.1) is 0 Å². The van der Waals surface area contributed by atoms with E-state index in [0.29, 0.717) is 28.7 Å². The van der Waals surface area contributed by atoms with Gasteiger partial charge in [0, 0.05) is 34.9 Å². The molecule has 0 aromatic heterocycles. The highest BCUT2D eigenvalue weighted by Gasteiger charge is 2.29. The summed E-state index contributed by atoms with van der Waals surface area (Å²) in [5, 5.41) is 1.13. The summed E-state index contributed by atoms with van der Waals surface area (Å²) in [4.78, 5) is 42.9. The maximum atomic E-state index is 12.8. The largest absolute Gasteiger partial charge is 0.289 e. The molecule has 0 spiro atoms. The molecule has 1 aromatic rings. The van der Waals surface area contributed by atoms with E-state index in [1.54, 1.807) is 37.3 Å². The Bertz CT molecular complexity index is 774. The normalized spacial score (nSPS) is 14.6. The van der Waals surface area contributed by atoms with Crippen LogP contribution >= 0.6 is 0 Å². The van der Waals surface area contributed by atoms with E-state index < -0.39 is 0 Å². The first-order valence-corrected chi connectivity index (χ1v) is 8.34. The molecule has 2 rings (SSSR count). The van der Waals surface area contributed by atoms with Crippen LogP contribution in [0.3, 0.4) is 0 Å². The van der Waals surface area contributed by atoms with Gasteiger partial charge in [-0.2, -0.15) is 0 Å². The van der Waals surface area contributed by atoms with E-state index in [-0.39, 0.29) is 23.0 Å².